The lowest BCUT2D eigenvalue weighted by Gasteiger charge is -2.26. The maximum atomic E-state index is 12.3. The van der Waals surface area contributed by atoms with Gasteiger partial charge in [0, 0.05) is 20.0 Å². The van der Waals surface area contributed by atoms with Gasteiger partial charge in [-0.2, -0.15) is 26.3 Å². The molecule has 0 aliphatic carbocycles. The van der Waals surface area contributed by atoms with E-state index in [-0.39, 0.29) is 12.8 Å². The van der Waals surface area contributed by atoms with Gasteiger partial charge in [0.2, 0.25) is 11.8 Å². The molecule has 1 amide bonds. The van der Waals surface area contributed by atoms with Crippen molar-refractivity contribution in [1.82, 2.24) is 4.90 Å². The molecule has 20 heavy (non-hydrogen) atoms. The van der Waals surface area contributed by atoms with Crippen molar-refractivity contribution in [3.05, 3.63) is 0 Å². The minimum Gasteiger partial charge on any atom is -0.469 e. The van der Waals surface area contributed by atoms with Crippen LogP contribution < -0.4 is 0 Å². The molecule has 0 N–H and O–H groups in total. The lowest BCUT2D eigenvalue weighted by atomic mass is 10.1. The number of amides is 1. The van der Waals surface area contributed by atoms with Gasteiger partial charge in [-0.15, -0.1) is 0 Å². The number of rotatable bonds is 5. The second kappa shape index (κ2) is 6.80. The third kappa shape index (κ3) is 5.66. The molecule has 0 spiro atoms. The lowest BCUT2D eigenvalue weighted by molar-refractivity contribution is -0.277. The number of hydrogen-bond acceptors (Lipinski definition) is 3. The van der Waals surface area contributed by atoms with Gasteiger partial charge < -0.3 is 9.64 Å². The molecule has 0 saturated heterocycles. The van der Waals surface area contributed by atoms with Crippen LogP contribution in [0.4, 0.5) is 26.3 Å². The second-order valence-corrected chi connectivity index (χ2v) is 3.96. The van der Waals surface area contributed by atoms with Crippen molar-refractivity contribution in [2.24, 2.45) is 5.92 Å². The molecule has 0 atom stereocenters. The fourth-order valence-electron chi connectivity index (χ4n) is 1.36. The molecular formula is C10H13F6NO3. The average molecular weight is 309 g/mol. The Kier molecular flexibility index (Phi) is 6.30. The highest BCUT2D eigenvalue weighted by atomic mass is 19.4. The van der Waals surface area contributed by atoms with Gasteiger partial charge in [0.15, 0.2) is 0 Å². The Bertz CT molecular complexity index is 338. The quantitative estimate of drug-likeness (QED) is 0.577. The summed E-state index contributed by atoms with van der Waals surface area (Å²) in [7, 11) is 1.89. The van der Waals surface area contributed by atoms with Crippen LogP contribution in [0.25, 0.3) is 0 Å². The summed E-state index contributed by atoms with van der Waals surface area (Å²) in [4.78, 5) is 22.3. The van der Waals surface area contributed by atoms with Crippen molar-refractivity contribution in [3.63, 3.8) is 0 Å². The molecule has 0 aromatic heterocycles. The van der Waals surface area contributed by atoms with Crippen LogP contribution in [0.3, 0.4) is 0 Å². The molecular weight excluding hydrogens is 296 g/mol. The highest BCUT2D eigenvalue weighted by Gasteiger charge is 2.61. The number of carbonyl (C=O) groups is 2. The Balaban J connectivity index is 4.71. The lowest BCUT2D eigenvalue weighted by Crippen LogP contribution is -2.48. The largest absolute Gasteiger partial charge is 0.469 e. The van der Waals surface area contributed by atoms with E-state index in [0.29, 0.717) is 4.90 Å². The van der Waals surface area contributed by atoms with Crippen LogP contribution in [0.2, 0.25) is 0 Å². The fraction of sp³-hybridized carbons (Fsp3) is 0.800. The van der Waals surface area contributed by atoms with Crippen LogP contribution >= 0.6 is 0 Å². The molecule has 10 heteroatoms. The van der Waals surface area contributed by atoms with Gasteiger partial charge in [-0.25, -0.2) is 0 Å². The third-order valence-corrected chi connectivity index (χ3v) is 2.38. The Hall–Kier alpha value is -1.48. The summed E-state index contributed by atoms with van der Waals surface area (Å²) in [6.07, 6.45) is -11.7. The average Bonchev–Trinajstić information content (AvgIpc) is 2.24. The Morgan fingerprint density at radius 2 is 1.55 bits per heavy atom. The molecule has 0 fully saturated rings. The number of alkyl halides is 6. The SMILES string of the molecule is COC(=O)CCCN(C)C(=O)C(C(F)(F)F)C(F)(F)F. The summed E-state index contributed by atoms with van der Waals surface area (Å²) >= 11 is 0. The van der Waals surface area contributed by atoms with Gasteiger partial charge in [0.05, 0.1) is 7.11 Å². The van der Waals surface area contributed by atoms with E-state index >= 15 is 0 Å². The summed E-state index contributed by atoms with van der Waals surface area (Å²) in [6.45, 7) is -0.420. The van der Waals surface area contributed by atoms with E-state index in [1.54, 1.807) is 0 Å². The Morgan fingerprint density at radius 3 is 1.90 bits per heavy atom. The van der Waals surface area contributed by atoms with E-state index in [1.165, 1.54) is 0 Å². The summed E-state index contributed by atoms with van der Waals surface area (Å²) in [5.41, 5.74) is 0. The van der Waals surface area contributed by atoms with Gasteiger partial charge in [0.1, 0.15) is 0 Å². The number of halogens is 6. The third-order valence-electron chi connectivity index (χ3n) is 2.38. The predicted octanol–water partition coefficient (Wildman–Crippen LogP) is 2.14. The highest BCUT2D eigenvalue weighted by molar-refractivity contribution is 5.80. The van der Waals surface area contributed by atoms with E-state index in [1.807, 2.05) is 0 Å². The van der Waals surface area contributed by atoms with Crippen LogP contribution in [0.15, 0.2) is 0 Å². The van der Waals surface area contributed by atoms with Crippen molar-refractivity contribution in [1.29, 1.82) is 0 Å². The Labute approximate surface area is 110 Å². The smallest absolute Gasteiger partial charge is 0.409 e. The van der Waals surface area contributed by atoms with Gasteiger partial charge in [-0.05, 0) is 6.42 Å². The number of ether oxygens (including phenoxy) is 1. The highest BCUT2D eigenvalue weighted by Crippen LogP contribution is 2.40. The topological polar surface area (TPSA) is 46.6 Å². The first-order chi connectivity index (χ1) is 8.91. The first kappa shape index (κ1) is 18.5. The molecule has 118 valence electrons. The van der Waals surface area contributed by atoms with Crippen LogP contribution in [-0.4, -0.2) is 49.8 Å². The normalized spacial score (nSPS) is 12.4. The maximum absolute atomic E-state index is 12.3. The number of methoxy groups -OCH3 is 1. The standard InChI is InChI=1S/C10H13F6NO3/c1-17(5-3-4-6(18)20-2)8(19)7(9(11,12)13)10(14,15)16/h7H,3-5H2,1-2H3. The zero-order valence-electron chi connectivity index (χ0n) is 10.6. The van der Waals surface area contributed by atoms with Gasteiger partial charge in [-0.3, -0.25) is 9.59 Å². The first-order valence-corrected chi connectivity index (χ1v) is 5.36. The summed E-state index contributed by atoms with van der Waals surface area (Å²) in [5, 5.41) is 0. The first-order valence-electron chi connectivity index (χ1n) is 5.36. The van der Waals surface area contributed by atoms with Gasteiger partial charge in [0.25, 0.3) is 0 Å². The van der Waals surface area contributed by atoms with E-state index in [9.17, 15) is 35.9 Å². The van der Waals surface area contributed by atoms with E-state index in [0.717, 1.165) is 14.2 Å². The number of carbonyl (C=O) groups excluding carboxylic acids is 2. The molecule has 0 aromatic carbocycles. The molecule has 0 radical (unpaired) electrons. The molecule has 0 unspecified atom stereocenters. The zero-order chi connectivity index (χ0) is 16.1. The van der Waals surface area contributed by atoms with Crippen molar-refractivity contribution >= 4 is 11.9 Å². The number of esters is 1. The van der Waals surface area contributed by atoms with E-state index in [2.05, 4.69) is 4.74 Å². The summed E-state index contributed by atoms with van der Waals surface area (Å²) < 4.78 is 78.0. The molecule has 0 aliphatic rings. The van der Waals surface area contributed by atoms with Crippen LogP contribution in [0, 0.1) is 5.92 Å². The number of hydrogen-bond donors (Lipinski definition) is 0. The summed E-state index contributed by atoms with van der Waals surface area (Å²) in [6, 6.07) is 0. The monoisotopic (exact) mass is 309 g/mol. The van der Waals surface area contributed by atoms with Crippen LogP contribution in [0.5, 0.6) is 0 Å². The molecule has 0 aromatic rings. The Morgan fingerprint density at radius 1 is 1.10 bits per heavy atom. The minimum absolute atomic E-state index is 0.0999. The van der Waals surface area contributed by atoms with Crippen molar-refractivity contribution in [2.75, 3.05) is 20.7 Å². The van der Waals surface area contributed by atoms with Crippen molar-refractivity contribution < 1.29 is 40.7 Å². The fourth-order valence-corrected chi connectivity index (χ4v) is 1.36. The predicted molar refractivity (Wildman–Crippen MR) is 54.5 cm³/mol. The molecule has 0 heterocycles. The second-order valence-electron chi connectivity index (χ2n) is 3.96. The minimum atomic E-state index is -5.72. The molecule has 0 bridgehead atoms. The van der Waals surface area contributed by atoms with Gasteiger partial charge in [-0.1, -0.05) is 0 Å². The molecule has 4 nitrogen and oxygen atoms in total. The van der Waals surface area contributed by atoms with Gasteiger partial charge >= 0.3 is 18.3 Å². The molecule has 0 saturated carbocycles. The van der Waals surface area contributed by atoms with Crippen LogP contribution in [0.1, 0.15) is 12.8 Å². The molecule has 0 rings (SSSR count). The van der Waals surface area contributed by atoms with Crippen molar-refractivity contribution in [3.8, 4) is 0 Å². The maximum Gasteiger partial charge on any atom is 0.409 e. The molecule has 0 aliphatic heterocycles. The van der Waals surface area contributed by atoms with E-state index < -0.39 is 36.7 Å². The van der Waals surface area contributed by atoms with E-state index in [4.69, 9.17) is 0 Å². The zero-order valence-corrected chi connectivity index (χ0v) is 10.6. The summed E-state index contributed by atoms with van der Waals surface area (Å²) in [5.74, 6) is -6.83. The van der Waals surface area contributed by atoms with Crippen molar-refractivity contribution in [2.45, 2.75) is 25.2 Å². The number of nitrogens with zero attached hydrogens (tertiary/aromatic N) is 1. The van der Waals surface area contributed by atoms with Crippen LogP contribution in [-0.2, 0) is 14.3 Å².